The summed E-state index contributed by atoms with van der Waals surface area (Å²) in [6.45, 7) is 1.37. The highest BCUT2D eigenvalue weighted by Crippen LogP contribution is 2.39. The first-order chi connectivity index (χ1) is 18.0. The third-order valence-corrected chi connectivity index (χ3v) is 6.95. The zero-order chi connectivity index (χ0) is 27.2. The molecule has 38 heavy (non-hydrogen) atoms. The van der Waals surface area contributed by atoms with Gasteiger partial charge in [-0.1, -0.05) is 40.9 Å². The normalized spacial score (nSPS) is 11.8. The van der Waals surface area contributed by atoms with Crippen LogP contribution in [0, 0.1) is 12.7 Å². The molecule has 0 N–H and O–H groups in total. The second kappa shape index (κ2) is 10.1. The van der Waals surface area contributed by atoms with E-state index < -0.39 is 17.6 Å². The lowest BCUT2D eigenvalue weighted by molar-refractivity contribution is -0.136. The highest BCUT2D eigenvalue weighted by molar-refractivity contribution is 6.42. The number of aromatic nitrogens is 3. The van der Waals surface area contributed by atoms with Crippen molar-refractivity contribution in [3.05, 3.63) is 104 Å². The quantitative estimate of drug-likeness (QED) is 0.195. The van der Waals surface area contributed by atoms with Gasteiger partial charge in [0.2, 0.25) is 0 Å². The third-order valence-electron chi connectivity index (χ3n) is 5.86. The van der Waals surface area contributed by atoms with E-state index in [-0.39, 0.29) is 44.6 Å². The molecule has 2 aromatic heterocycles. The standard InChI is InChI=1S/C27H16Cl3F4N3O/c1-14-25-19(27(32,33)34)12-24(35-26(25)37(36-14)16-7-10-21(29)22(30)11-16)15-5-8-17(9-6-15)38-13-18-20(28)3-2-4-23(18)31/h2-12H,13H2,1H3. The summed E-state index contributed by atoms with van der Waals surface area (Å²) in [7, 11) is 0. The summed E-state index contributed by atoms with van der Waals surface area (Å²) < 4.78 is 63.4. The summed E-state index contributed by atoms with van der Waals surface area (Å²) in [5, 5.41) is 4.95. The fraction of sp³-hybridized carbons (Fsp3) is 0.111. The van der Waals surface area contributed by atoms with Crippen LogP contribution in [0.15, 0.2) is 66.7 Å². The van der Waals surface area contributed by atoms with Crippen molar-refractivity contribution in [1.82, 2.24) is 14.8 Å². The van der Waals surface area contributed by atoms with Gasteiger partial charge in [0, 0.05) is 11.1 Å². The Labute approximate surface area is 229 Å². The molecule has 0 fully saturated rings. The molecular weight excluding hydrogens is 565 g/mol. The molecule has 0 aliphatic rings. The van der Waals surface area contributed by atoms with E-state index in [1.807, 2.05) is 0 Å². The van der Waals surface area contributed by atoms with Gasteiger partial charge in [-0.05, 0) is 67.6 Å². The zero-order valence-electron chi connectivity index (χ0n) is 19.5. The van der Waals surface area contributed by atoms with Gasteiger partial charge in [-0.3, -0.25) is 0 Å². The molecule has 0 spiro atoms. The van der Waals surface area contributed by atoms with Crippen LogP contribution >= 0.6 is 34.8 Å². The Bertz CT molecular complexity index is 1650. The van der Waals surface area contributed by atoms with Gasteiger partial charge in [-0.25, -0.2) is 14.1 Å². The lowest BCUT2D eigenvalue weighted by Gasteiger charge is -2.13. The van der Waals surface area contributed by atoms with Crippen molar-refractivity contribution >= 4 is 45.8 Å². The topological polar surface area (TPSA) is 39.9 Å². The molecule has 0 radical (unpaired) electrons. The Balaban J connectivity index is 1.55. The van der Waals surface area contributed by atoms with Crippen LogP contribution in [0.25, 0.3) is 28.0 Å². The number of fused-ring (bicyclic) bond motifs is 1. The first kappa shape index (κ1) is 26.3. The molecule has 0 unspecified atom stereocenters. The summed E-state index contributed by atoms with van der Waals surface area (Å²) in [6, 6.07) is 16.2. The molecule has 0 saturated carbocycles. The van der Waals surface area contributed by atoms with Crippen molar-refractivity contribution < 1.29 is 22.3 Å². The Hall–Kier alpha value is -3.33. The van der Waals surface area contributed by atoms with E-state index in [1.165, 1.54) is 35.9 Å². The number of alkyl halides is 3. The number of ether oxygens (including phenoxy) is 1. The average molecular weight is 581 g/mol. The molecule has 4 nitrogen and oxygen atoms in total. The number of rotatable bonds is 5. The predicted molar refractivity (Wildman–Crippen MR) is 140 cm³/mol. The molecule has 11 heteroatoms. The van der Waals surface area contributed by atoms with Gasteiger partial charge in [-0.15, -0.1) is 0 Å². The Morgan fingerprint density at radius 3 is 2.29 bits per heavy atom. The van der Waals surface area contributed by atoms with Crippen molar-refractivity contribution in [3.63, 3.8) is 0 Å². The highest BCUT2D eigenvalue weighted by Gasteiger charge is 2.36. The first-order valence-electron chi connectivity index (χ1n) is 11.1. The van der Waals surface area contributed by atoms with E-state index >= 15 is 0 Å². The highest BCUT2D eigenvalue weighted by atomic mass is 35.5. The fourth-order valence-electron chi connectivity index (χ4n) is 4.00. The van der Waals surface area contributed by atoms with Crippen LogP contribution in [-0.2, 0) is 12.8 Å². The summed E-state index contributed by atoms with van der Waals surface area (Å²) >= 11 is 18.2. The largest absolute Gasteiger partial charge is 0.489 e. The van der Waals surface area contributed by atoms with E-state index in [2.05, 4.69) is 10.1 Å². The number of pyridine rings is 1. The predicted octanol–water partition coefficient (Wildman–Crippen LogP) is 9.09. The number of aryl methyl sites for hydroxylation is 1. The van der Waals surface area contributed by atoms with Gasteiger partial charge in [0.15, 0.2) is 5.65 Å². The van der Waals surface area contributed by atoms with Crippen LogP contribution in [-0.4, -0.2) is 14.8 Å². The smallest absolute Gasteiger partial charge is 0.417 e. The molecule has 0 amide bonds. The van der Waals surface area contributed by atoms with Gasteiger partial charge < -0.3 is 4.74 Å². The van der Waals surface area contributed by atoms with E-state index in [9.17, 15) is 17.6 Å². The van der Waals surface area contributed by atoms with Gasteiger partial charge in [0.1, 0.15) is 18.2 Å². The molecule has 3 aromatic carbocycles. The third kappa shape index (κ3) is 5.04. The molecule has 0 atom stereocenters. The lowest BCUT2D eigenvalue weighted by atomic mass is 10.0. The maximum atomic E-state index is 14.1. The van der Waals surface area contributed by atoms with Gasteiger partial charge in [0.05, 0.1) is 43.1 Å². The SMILES string of the molecule is Cc1nn(-c2ccc(Cl)c(Cl)c2)c2nc(-c3ccc(OCc4c(F)cccc4Cl)cc3)cc(C(F)(F)F)c12. The monoisotopic (exact) mass is 579 g/mol. The van der Waals surface area contributed by atoms with Gasteiger partial charge >= 0.3 is 6.18 Å². The minimum Gasteiger partial charge on any atom is -0.489 e. The fourth-order valence-corrected chi connectivity index (χ4v) is 4.51. The van der Waals surface area contributed by atoms with Crippen molar-refractivity contribution in [3.8, 4) is 22.7 Å². The van der Waals surface area contributed by atoms with Crippen molar-refractivity contribution in [2.75, 3.05) is 0 Å². The molecule has 194 valence electrons. The summed E-state index contributed by atoms with van der Waals surface area (Å²) in [4.78, 5) is 4.53. The van der Waals surface area contributed by atoms with Crippen molar-refractivity contribution in [1.29, 1.82) is 0 Å². The second-order valence-corrected chi connectivity index (χ2v) is 9.58. The molecular formula is C27H16Cl3F4N3O. The van der Waals surface area contributed by atoms with E-state index in [0.29, 0.717) is 22.0 Å². The van der Waals surface area contributed by atoms with E-state index in [4.69, 9.17) is 39.5 Å². The molecule has 0 saturated heterocycles. The maximum Gasteiger partial charge on any atom is 0.417 e. The molecule has 5 rings (SSSR count). The number of halogens is 7. The first-order valence-corrected chi connectivity index (χ1v) is 12.3. The molecule has 0 aliphatic carbocycles. The van der Waals surface area contributed by atoms with Gasteiger partial charge in [-0.2, -0.15) is 18.3 Å². The van der Waals surface area contributed by atoms with Crippen LogP contribution in [0.3, 0.4) is 0 Å². The summed E-state index contributed by atoms with van der Waals surface area (Å²) in [6.07, 6.45) is -4.66. The maximum absolute atomic E-state index is 14.1. The number of nitrogens with zero attached hydrogens (tertiary/aromatic N) is 3. The summed E-state index contributed by atoms with van der Waals surface area (Å²) in [5.41, 5.74) is 0.406. The van der Waals surface area contributed by atoms with E-state index in [1.54, 1.807) is 36.4 Å². The molecule has 0 aliphatic heterocycles. The minimum absolute atomic E-state index is 0.0141. The van der Waals surface area contributed by atoms with Crippen LogP contribution in [0.1, 0.15) is 16.8 Å². The second-order valence-electron chi connectivity index (χ2n) is 8.36. The Kier molecular flexibility index (Phi) is 6.98. The number of hydrogen-bond donors (Lipinski definition) is 0. The molecule has 2 heterocycles. The average Bonchev–Trinajstić information content (AvgIpc) is 3.21. The van der Waals surface area contributed by atoms with Gasteiger partial charge in [0.25, 0.3) is 0 Å². The zero-order valence-corrected chi connectivity index (χ0v) is 21.7. The Morgan fingerprint density at radius 1 is 0.895 bits per heavy atom. The van der Waals surface area contributed by atoms with Crippen LogP contribution in [0.2, 0.25) is 15.1 Å². The van der Waals surface area contributed by atoms with Crippen molar-refractivity contribution in [2.45, 2.75) is 19.7 Å². The molecule has 5 aromatic rings. The van der Waals surface area contributed by atoms with Crippen molar-refractivity contribution in [2.24, 2.45) is 0 Å². The number of hydrogen-bond acceptors (Lipinski definition) is 3. The summed E-state index contributed by atoms with van der Waals surface area (Å²) in [5.74, 6) is -0.123. The van der Waals surface area contributed by atoms with Crippen LogP contribution in [0.5, 0.6) is 5.75 Å². The minimum atomic E-state index is -4.66. The lowest BCUT2D eigenvalue weighted by Crippen LogP contribution is -2.08. The molecule has 0 bridgehead atoms. The van der Waals surface area contributed by atoms with Crippen LogP contribution < -0.4 is 4.74 Å². The van der Waals surface area contributed by atoms with E-state index in [0.717, 1.165) is 6.07 Å². The Morgan fingerprint density at radius 2 is 1.63 bits per heavy atom. The van der Waals surface area contributed by atoms with Crippen LogP contribution in [0.4, 0.5) is 17.6 Å². The number of benzene rings is 3.